The Hall–Kier alpha value is -3.85. The summed E-state index contributed by atoms with van der Waals surface area (Å²) in [5, 5.41) is 10.0. The molecule has 8 nitrogen and oxygen atoms in total. The zero-order valence-corrected chi connectivity index (χ0v) is 23.0. The topological polar surface area (TPSA) is 99.4 Å². The summed E-state index contributed by atoms with van der Waals surface area (Å²) in [6.45, 7) is 10.2. The molecule has 9 heteroatoms. The number of aromatic hydroxyl groups is 1. The molecule has 0 amide bonds. The summed E-state index contributed by atoms with van der Waals surface area (Å²) in [5.74, 6) is 0.576. The third kappa shape index (κ3) is 5.67. The van der Waals surface area contributed by atoms with Crippen molar-refractivity contribution in [1.29, 1.82) is 0 Å². The van der Waals surface area contributed by atoms with Crippen LogP contribution in [0.2, 0.25) is 0 Å². The number of aromatic nitrogens is 1. The van der Waals surface area contributed by atoms with E-state index in [-0.39, 0.29) is 17.4 Å². The van der Waals surface area contributed by atoms with Gasteiger partial charge in [-0.2, -0.15) is 0 Å². The molecule has 0 fully saturated rings. The van der Waals surface area contributed by atoms with Gasteiger partial charge in [0, 0.05) is 0 Å². The number of carbonyl (C=O) groups is 1. The number of thiazole rings is 1. The van der Waals surface area contributed by atoms with Crippen molar-refractivity contribution >= 4 is 23.4 Å². The quantitative estimate of drug-likeness (QED) is 0.414. The van der Waals surface area contributed by atoms with Crippen molar-refractivity contribution in [2.45, 2.75) is 53.2 Å². The molecule has 0 saturated heterocycles. The molecule has 3 aromatic rings. The van der Waals surface area contributed by atoms with Crippen LogP contribution in [-0.4, -0.2) is 35.0 Å². The lowest BCUT2D eigenvalue weighted by Crippen LogP contribution is -2.40. The SMILES string of the molecule is CCCOc1ccc(C2C(C(=O)OC(C)C)=C(C)N=c3sc(=Cc4ccc(O)c(OCC)c4)c(=O)n32)cc1. The average Bonchev–Trinajstić information content (AvgIpc) is 3.18. The van der Waals surface area contributed by atoms with Crippen LogP contribution in [0.5, 0.6) is 17.2 Å². The summed E-state index contributed by atoms with van der Waals surface area (Å²) >= 11 is 1.24. The van der Waals surface area contributed by atoms with E-state index in [9.17, 15) is 14.7 Å². The molecule has 0 bridgehead atoms. The third-order valence-corrected chi connectivity index (χ3v) is 6.82. The summed E-state index contributed by atoms with van der Waals surface area (Å²) in [5.41, 5.74) is 1.99. The summed E-state index contributed by atoms with van der Waals surface area (Å²) in [6, 6.07) is 11.6. The van der Waals surface area contributed by atoms with Crippen molar-refractivity contribution in [1.82, 2.24) is 4.57 Å². The predicted octanol–water partition coefficient (Wildman–Crippen LogP) is 4.08. The maximum absolute atomic E-state index is 13.8. The number of rotatable bonds is 9. The van der Waals surface area contributed by atoms with Crippen LogP contribution in [0.15, 0.2) is 63.5 Å². The van der Waals surface area contributed by atoms with Crippen molar-refractivity contribution in [2.24, 2.45) is 4.99 Å². The van der Waals surface area contributed by atoms with Gasteiger partial charge >= 0.3 is 5.97 Å². The minimum absolute atomic E-state index is 0.0285. The number of ether oxygens (including phenoxy) is 3. The molecule has 1 atom stereocenters. The summed E-state index contributed by atoms with van der Waals surface area (Å²) < 4.78 is 18.8. The fraction of sp³-hybridized carbons (Fsp3) is 0.345. The molecule has 1 N–H and O–H groups in total. The molecule has 4 rings (SSSR count). The molecule has 0 radical (unpaired) electrons. The molecule has 2 heterocycles. The molecule has 1 unspecified atom stereocenters. The third-order valence-electron chi connectivity index (χ3n) is 5.83. The Morgan fingerprint density at radius 1 is 1.16 bits per heavy atom. The fourth-order valence-corrected chi connectivity index (χ4v) is 5.23. The van der Waals surface area contributed by atoms with Gasteiger partial charge in [0.15, 0.2) is 16.3 Å². The van der Waals surface area contributed by atoms with E-state index in [1.54, 1.807) is 43.5 Å². The molecule has 200 valence electrons. The first kappa shape index (κ1) is 27.2. The maximum atomic E-state index is 13.8. The van der Waals surface area contributed by atoms with Gasteiger partial charge in [0.2, 0.25) is 0 Å². The second-order valence-corrected chi connectivity index (χ2v) is 10.1. The van der Waals surface area contributed by atoms with E-state index in [0.29, 0.717) is 50.9 Å². The van der Waals surface area contributed by atoms with Crippen molar-refractivity contribution in [3.63, 3.8) is 0 Å². The van der Waals surface area contributed by atoms with E-state index >= 15 is 0 Å². The van der Waals surface area contributed by atoms with Crippen LogP contribution in [0.3, 0.4) is 0 Å². The number of hydrogen-bond donors (Lipinski definition) is 1. The molecular formula is C29H32N2O6S. The highest BCUT2D eigenvalue weighted by molar-refractivity contribution is 7.07. The van der Waals surface area contributed by atoms with Crippen LogP contribution < -0.4 is 24.4 Å². The van der Waals surface area contributed by atoms with Gasteiger partial charge in [0.1, 0.15) is 5.75 Å². The molecule has 1 aliphatic rings. The number of nitrogens with zero attached hydrogens (tertiary/aromatic N) is 2. The standard InChI is InChI=1S/C29H32N2O6S/c1-6-14-36-21-11-9-20(10-12-21)26-25(28(34)37-17(3)4)18(5)30-29-31(26)27(33)24(38-29)16-19-8-13-22(32)23(15-19)35-7-2/h8-13,15-17,26,32H,6-7,14H2,1-5H3. The van der Waals surface area contributed by atoms with E-state index < -0.39 is 12.0 Å². The molecule has 1 aromatic heterocycles. The highest BCUT2D eigenvalue weighted by Gasteiger charge is 2.33. The summed E-state index contributed by atoms with van der Waals surface area (Å²) in [7, 11) is 0. The highest BCUT2D eigenvalue weighted by Crippen LogP contribution is 2.32. The van der Waals surface area contributed by atoms with Crippen LogP contribution >= 0.6 is 11.3 Å². The van der Waals surface area contributed by atoms with Crippen molar-refractivity contribution in [3.8, 4) is 17.2 Å². The number of carbonyl (C=O) groups excluding carboxylic acids is 1. The van der Waals surface area contributed by atoms with Gasteiger partial charge < -0.3 is 19.3 Å². The van der Waals surface area contributed by atoms with Gasteiger partial charge in [-0.25, -0.2) is 9.79 Å². The Morgan fingerprint density at radius 3 is 2.55 bits per heavy atom. The molecule has 2 aromatic carbocycles. The van der Waals surface area contributed by atoms with Crippen LogP contribution in [0.4, 0.5) is 0 Å². The monoisotopic (exact) mass is 536 g/mol. The Balaban J connectivity index is 1.86. The molecule has 0 spiro atoms. The summed E-state index contributed by atoms with van der Waals surface area (Å²) in [4.78, 5) is 32.1. The van der Waals surface area contributed by atoms with Crippen molar-refractivity contribution in [3.05, 3.63) is 84.5 Å². The number of esters is 1. The van der Waals surface area contributed by atoms with E-state index in [1.807, 2.05) is 38.1 Å². The predicted molar refractivity (Wildman–Crippen MR) is 146 cm³/mol. The van der Waals surface area contributed by atoms with Crippen LogP contribution in [0, 0.1) is 0 Å². The number of allylic oxidation sites excluding steroid dienone is 1. The zero-order chi connectivity index (χ0) is 27.4. The van der Waals surface area contributed by atoms with E-state index in [1.165, 1.54) is 17.4 Å². The zero-order valence-electron chi connectivity index (χ0n) is 22.2. The van der Waals surface area contributed by atoms with Gasteiger partial charge in [0.05, 0.1) is 41.2 Å². The van der Waals surface area contributed by atoms with Crippen LogP contribution in [0.25, 0.3) is 6.08 Å². The Labute approximate surface area is 225 Å². The van der Waals surface area contributed by atoms with Crippen LogP contribution in [-0.2, 0) is 9.53 Å². The molecule has 38 heavy (non-hydrogen) atoms. The number of benzene rings is 2. The first-order valence-electron chi connectivity index (χ1n) is 12.7. The number of fused-ring (bicyclic) bond motifs is 1. The van der Waals surface area contributed by atoms with Gasteiger partial charge in [-0.3, -0.25) is 9.36 Å². The van der Waals surface area contributed by atoms with E-state index in [4.69, 9.17) is 14.2 Å². The van der Waals surface area contributed by atoms with Crippen LogP contribution in [0.1, 0.15) is 58.2 Å². The van der Waals surface area contributed by atoms with E-state index in [0.717, 1.165) is 12.0 Å². The lowest BCUT2D eigenvalue weighted by Gasteiger charge is -2.25. The first-order chi connectivity index (χ1) is 18.2. The Morgan fingerprint density at radius 2 is 1.89 bits per heavy atom. The van der Waals surface area contributed by atoms with Crippen molar-refractivity contribution in [2.75, 3.05) is 13.2 Å². The smallest absolute Gasteiger partial charge is 0.338 e. The number of phenols is 1. The fourth-order valence-electron chi connectivity index (χ4n) is 4.18. The molecular weight excluding hydrogens is 504 g/mol. The summed E-state index contributed by atoms with van der Waals surface area (Å²) in [6.07, 6.45) is 2.29. The van der Waals surface area contributed by atoms with Gasteiger partial charge in [-0.1, -0.05) is 36.5 Å². The normalized spacial score (nSPS) is 15.3. The second kappa shape index (κ2) is 11.7. The Bertz CT molecular complexity index is 1530. The highest BCUT2D eigenvalue weighted by atomic mass is 32.1. The first-order valence-corrected chi connectivity index (χ1v) is 13.5. The van der Waals surface area contributed by atoms with Gasteiger partial charge in [-0.15, -0.1) is 0 Å². The number of phenolic OH excluding ortho intramolecular Hbond substituents is 1. The lowest BCUT2D eigenvalue weighted by molar-refractivity contribution is -0.143. The van der Waals surface area contributed by atoms with E-state index in [2.05, 4.69) is 4.99 Å². The number of hydrogen-bond acceptors (Lipinski definition) is 8. The largest absolute Gasteiger partial charge is 0.504 e. The lowest BCUT2D eigenvalue weighted by atomic mass is 9.96. The van der Waals surface area contributed by atoms with Crippen molar-refractivity contribution < 1.29 is 24.1 Å². The van der Waals surface area contributed by atoms with Gasteiger partial charge in [0.25, 0.3) is 5.56 Å². The second-order valence-electron chi connectivity index (χ2n) is 9.11. The molecule has 1 aliphatic heterocycles. The maximum Gasteiger partial charge on any atom is 0.338 e. The minimum atomic E-state index is -0.710. The average molecular weight is 537 g/mol. The Kier molecular flexibility index (Phi) is 8.36. The van der Waals surface area contributed by atoms with Gasteiger partial charge in [-0.05, 0) is 75.6 Å². The molecule has 0 saturated carbocycles. The molecule has 0 aliphatic carbocycles. The minimum Gasteiger partial charge on any atom is -0.504 e.